The Hall–Kier alpha value is 0. The molecule has 4 unspecified atom stereocenters. The van der Waals surface area contributed by atoms with E-state index in [-0.39, 0.29) is 0 Å². The minimum absolute atomic E-state index is 0.897. The summed E-state index contributed by atoms with van der Waals surface area (Å²) in [7, 11) is 0. The average Bonchev–Trinajstić information content (AvgIpc) is 3.15. The monoisotopic (exact) mass is 232 g/mol. The molecule has 17 heavy (non-hydrogen) atoms. The van der Waals surface area contributed by atoms with Crippen LogP contribution < -0.4 is 0 Å². The lowest BCUT2D eigenvalue weighted by Crippen LogP contribution is -2.04. The van der Waals surface area contributed by atoms with Crippen LogP contribution in [0.1, 0.15) is 71.1 Å². The lowest BCUT2D eigenvalue weighted by atomic mass is 9.91. The molecular weight excluding hydrogens is 204 g/mol. The van der Waals surface area contributed by atoms with Gasteiger partial charge in [-0.2, -0.15) is 0 Å². The van der Waals surface area contributed by atoms with Gasteiger partial charge in [0.15, 0.2) is 0 Å². The van der Waals surface area contributed by atoms with Crippen LogP contribution in [-0.2, 0) is 0 Å². The first-order chi connectivity index (χ1) is 8.28. The molecule has 0 aliphatic heterocycles. The zero-order valence-corrected chi connectivity index (χ0v) is 11.5. The third kappa shape index (κ3) is 2.42. The number of rotatable bonds is 7. The normalized spacial score (nSPS) is 45.7. The van der Waals surface area contributed by atoms with E-state index in [0.717, 1.165) is 17.3 Å². The van der Waals surface area contributed by atoms with Gasteiger partial charge in [-0.25, -0.2) is 0 Å². The van der Waals surface area contributed by atoms with E-state index in [2.05, 4.69) is 6.92 Å². The first kappa shape index (κ1) is 10.9. The Morgan fingerprint density at radius 3 is 2.18 bits per heavy atom. The molecule has 0 amide bonds. The molecule has 0 heterocycles. The molecule has 4 saturated carbocycles. The molecule has 0 spiro atoms. The van der Waals surface area contributed by atoms with E-state index < -0.39 is 0 Å². The van der Waals surface area contributed by atoms with Crippen LogP contribution in [-0.4, -0.2) is 0 Å². The molecule has 4 atom stereocenters. The van der Waals surface area contributed by atoms with E-state index in [1.807, 2.05) is 0 Å². The van der Waals surface area contributed by atoms with Gasteiger partial charge in [-0.05, 0) is 80.0 Å². The fraction of sp³-hybridized carbons (Fsp3) is 1.00. The summed E-state index contributed by atoms with van der Waals surface area (Å²) in [4.78, 5) is 0. The van der Waals surface area contributed by atoms with Gasteiger partial charge in [0, 0.05) is 0 Å². The molecule has 0 aromatic heterocycles. The van der Waals surface area contributed by atoms with Gasteiger partial charge in [0.05, 0.1) is 0 Å². The Bertz CT molecular complexity index is 297. The second-order valence-electron chi connectivity index (χ2n) is 8.01. The largest absolute Gasteiger partial charge is 0.0651 e. The summed E-state index contributed by atoms with van der Waals surface area (Å²) in [6.45, 7) is 2.38. The molecule has 4 rings (SSSR count). The molecule has 0 N–H and O–H groups in total. The molecule has 0 bridgehead atoms. The molecule has 4 aliphatic rings. The van der Waals surface area contributed by atoms with E-state index in [1.165, 1.54) is 24.2 Å². The zero-order chi connectivity index (χ0) is 11.5. The van der Waals surface area contributed by atoms with Crippen LogP contribution in [0.3, 0.4) is 0 Å². The van der Waals surface area contributed by atoms with Crippen LogP contribution >= 0.6 is 0 Å². The highest BCUT2D eigenvalue weighted by Gasteiger charge is 2.52. The molecule has 96 valence electrons. The van der Waals surface area contributed by atoms with E-state index in [4.69, 9.17) is 0 Å². The predicted molar refractivity (Wildman–Crippen MR) is 71.7 cm³/mol. The molecule has 0 saturated heterocycles. The topological polar surface area (TPSA) is 0 Å². The maximum absolute atomic E-state index is 2.38. The minimum atomic E-state index is 0.897. The molecule has 0 radical (unpaired) electrons. The third-order valence-electron chi connectivity index (χ3n) is 6.34. The Morgan fingerprint density at radius 1 is 0.882 bits per heavy atom. The standard InChI is InChI=1S/C17H28/c1-2-13-7-14(13)8-15-9-16(15)11-17(5-6-17)10-12-3-4-12/h12-16H,2-11H2,1H3. The Morgan fingerprint density at radius 2 is 1.59 bits per heavy atom. The molecule has 4 fully saturated rings. The quantitative estimate of drug-likeness (QED) is 0.577. The lowest BCUT2D eigenvalue weighted by molar-refractivity contribution is 0.365. The van der Waals surface area contributed by atoms with E-state index in [1.54, 1.807) is 57.8 Å². The van der Waals surface area contributed by atoms with Crippen LogP contribution in [0, 0.1) is 35.0 Å². The van der Waals surface area contributed by atoms with Crippen molar-refractivity contribution < 1.29 is 0 Å². The van der Waals surface area contributed by atoms with Gasteiger partial charge in [0.1, 0.15) is 0 Å². The summed E-state index contributed by atoms with van der Waals surface area (Å²) in [5.74, 6) is 5.82. The van der Waals surface area contributed by atoms with Crippen LogP contribution in [0.4, 0.5) is 0 Å². The van der Waals surface area contributed by atoms with Crippen molar-refractivity contribution in [2.24, 2.45) is 35.0 Å². The highest BCUT2D eigenvalue weighted by molar-refractivity contribution is 5.03. The SMILES string of the molecule is CCC1CC1CC1CC1CC1(CC2CC2)CC1. The molecule has 0 heteroatoms. The highest BCUT2D eigenvalue weighted by Crippen LogP contribution is 2.64. The van der Waals surface area contributed by atoms with Gasteiger partial charge < -0.3 is 0 Å². The van der Waals surface area contributed by atoms with E-state index >= 15 is 0 Å². The fourth-order valence-electron chi connectivity index (χ4n) is 4.50. The summed E-state index contributed by atoms with van der Waals surface area (Å²) in [5, 5.41) is 0. The Balaban J connectivity index is 1.21. The van der Waals surface area contributed by atoms with E-state index in [9.17, 15) is 0 Å². The van der Waals surface area contributed by atoms with Crippen LogP contribution in [0.5, 0.6) is 0 Å². The first-order valence-corrected chi connectivity index (χ1v) is 8.28. The Kier molecular flexibility index (Phi) is 2.40. The van der Waals surface area contributed by atoms with Crippen molar-refractivity contribution in [3.05, 3.63) is 0 Å². The zero-order valence-electron chi connectivity index (χ0n) is 11.5. The van der Waals surface area contributed by atoms with Gasteiger partial charge in [-0.15, -0.1) is 0 Å². The lowest BCUT2D eigenvalue weighted by Gasteiger charge is -2.14. The summed E-state index contributed by atoms with van der Waals surface area (Å²) < 4.78 is 0. The number of hydrogen-bond acceptors (Lipinski definition) is 0. The average molecular weight is 232 g/mol. The highest BCUT2D eigenvalue weighted by atomic mass is 14.6. The van der Waals surface area contributed by atoms with Gasteiger partial charge in [-0.1, -0.05) is 26.2 Å². The van der Waals surface area contributed by atoms with Gasteiger partial charge in [0.2, 0.25) is 0 Å². The minimum Gasteiger partial charge on any atom is -0.0651 e. The van der Waals surface area contributed by atoms with Crippen molar-refractivity contribution in [3.63, 3.8) is 0 Å². The second-order valence-corrected chi connectivity index (χ2v) is 8.01. The molecule has 4 aliphatic carbocycles. The second kappa shape index (κ2) is 3.75. The maximum Gasteiger partial charge on any atom is -0.0292 e. The fourth-order valence-corrected chi connectivity index (χ4v) is 4.50. The van der Waals surface area contributed by atoms with Gasteiger partial charge in [-0.3, -0.25) is 0 Å². The smallest absolute Gasteiger partial charge is 0.0292 e. The van der Waals surface area contributed by atoms with Gasteiger partial charge in [0.25, 0.3) is 0 Å². The third-order valence-corrected chi connectivity index (χ3v) is 6.34. The van der Waals surface area contributed by atoms with Crippen molar-refractivity contribution in [2.45, 2.75) is 71.1 Å². The van der Waals surface area contributed by atoms with Crippen LogP contribution in [0.2, 0.25) is 0 Å². The van der Waals surface area contributed by atoms with Crippen molar-refractivity contribution in [1.29, 1.82) is 0 Å². The number of hydrogen-bond donors (Lipinski definition) is 0. The van der Waals surface area contributed by atoms with Crippen LogP contribution in [0.25, 0.3) is 0 Å². The molecule has 0 nitrogen and oxygen atoms in total. The van der Waals surface area contributed by atoms with Gasteiger partial charge >= 0.3 is 0 Å². The summed E-state index contributed by atoms with van der Waals surface area (Å²) >= 11 is 0. The maximum atomic E-state index is 2.38. The van der Waals surface area contributed by atoms with Crippen molar-refractivity contribution in [1.82, 2.24) is 0 Å². The predicted octanol–water partition coefficient (Wildman–Crippen LogP) is 5.03. The summed E-state index contributed by atoms with van der Waals surface area (Å²) in [6.07, 6.45) is 15.8. The summed E-state index contributed by atoms with van der Waals surface area (Å²) in [5.41, 5.74) is 0.897. The van der Waals surface area contributed by atoms with Crippen LogP contribution in [0.15, 0.2) is 0 Å². The molecule has 0 aromatic rings. The van der Waals surface area contributed by atoms with Crippen molar-refractivity contribution in [3.8, 4) is 0 Å². The molecule has 0 aromatic carbocycles. The van der Waals surface area contributed by atoms with E-state index in [0.29, 0.717) is 0 Å². The molecular formula is C17H28. The van der Waals surface area contributed by atoms with Crippen molar-refractivity contribution in [2.75, 3.05) is 0 Å². The Labute approximate surface area is 107 Å². The van der Waals surface area contributed by atoms with Crippen molar-refractivity contribution >= 4 is 0 Å². The first-order valence-electron chi connectivity index (χ1n) is 8.28. The summed E-state index contributed by atoms with van der Waals surface area (Å²) in [6, 6.07) is 0.